The van der Waals surface area contributed by atoms with Gasteiger partial charge < -0.3 is 14.4 Å². The fourth-order valence-electron chi connectivity index (χ4n) is 4.41. The van der Waals surface area contributed by atoms with Gasteiger partial charge >= 0.3 is 5.97 Å². The second kappa shape index (κ2) is 6.81. The molecule has 1 atom stereocenters. The van der Waals surface area contributed by atoms with Crippen LogP contribution in [-0.2, 0) is 16.1 Å². The lowest BCUT2D eigenvalue weighted by molar-refractivity contribution is -0.146. The summed E-state index contributed by atoms with van der Waals surface area (Å²) in [6, 6.07) is 9.76. The summed E-state index contributed by atoms with van der Waals surface area (Å²) >= 11 is 0. The van der Waals surface area contributed by atoms with Crippen molar-refractivity contribution in [3.63, 3.8) is 0 Å². The number of carboxylic acids is 1. The number of piperidine rings is 1. The van der Waals surface area contributed by atoms with Crippen LogP contribution in [0.5, 0.6) is 0 Å². The number of carbonyl (C=O) groups excluding carboxylic acids is 1. The summed E-state index contributed by atoms with van der Waals surface area (Å²) in [5, 5.41) is 9.56. The number of hydrogen-bond acceptors (Lipinski definition) is 5. The number of aliphatic carboxylic acids is 1. The fourth-order valence-corrected chi connectivity index (χ4v) is 4.41. The largest absolute Gasteiger partial charge is 0.481 e. The van der Waals surface area contributed by atoms with Crippen molar-refractivity contribution in [2.45, 2.75) is 31.3 Å². The Labute approximate surface area is 157 Å². The van der Waals surface area contributed by atoms with Crippen LogP contribution in [0.3, 0.4) is 0 Å². The molecule has 2 fully saturated rings. The molecule has 1 N–H and O–H groups in total. The molecule has 0 saturated carbocycles. The van der Waals surface area contributed by atoms with Gasteiger partial charge in [0.05, 0.1) is 17.2 Å². The Hall–Kier alpha value is -2.67. The standard InChI is InChI=1S/C20H23N3O4/c1-22-17(24)11-16(19(25)26)20(22)7-9-23(10-8-20)12-15-13-27-18(21-15)14-5-3-2-4-6-14/h2-6,13,16H,7-12H2,1H3,(H,25,26). The zero-order chi connectivity index (χ0) is 19.0. The Kier molecular flexibility index (Phi) is 4.47. The summed E-state index contributed by atoms with van der Waals surface area (Å²) < 4.78 is 5.60. The minimum Gasteiger partial charge on any atom is -0.481 e. The highest BCUT2D eigenvalue weighted by molar-refractivity contribution is 5.88. The quantitative estimate of drug-likeness (QED) is 0.889. The maximum Gasteiger partial charge on any atom is 0.309 e. The van der Waals surface area contributed by atoms with Crippen LogP contribution in [0.25, 0.3) is 11.5 Å². The molecule has 142 valence electrons. The number of carbonyl (C=O) groups is 2. The van der Waals surface area contributed by atoms with E-state index >= 15 is 0 Å². The average Bonchev–Trinajstić information content (AvgIpc) is 3.23. The van der Waals surface area contributed by atoms with E-state index in [1.807, 2.05) is 30.3 Å². The molecular formula is C20H23N3O4. The number of benzene rings is 1. The summed E-state index contributed by atoms with van der Waals surface area (Å²) in [6.07, 6.45) is 3.11. The molecule has 0 radical (unpaired) electrons. The summed E-state index contributed by atoms with van der Waals surface area (Å²) in [4.78, 5) is 32.2. The van der Waals surface area contributed by atoms with E-state index in [-0.39, 0.29) is 12.3 Å². The molecule has 7 heteroatoms. The lowest BCUT2D eigenvalue weighted by atomic mass is 9.77. The van der Waals surface area contributed by atoms with Gasteiger partial charge in [0, 0.05) is 38.7 Å². The number of amides is 1. The van der Waals surface area contributed by atoms with Gasteiger partial charge in [0.15, 0.2) is 0 Å². The minimum absolute atomic E-state index is 0.0696. The van der Waals surface area contributed by atoms with Crippen LogP contribution in [0.1, 0.15) is 25.0 Å². The summed E-state index contributed by atoms with van der Waals surface area (Å²) in [6.45, 7) is 2.12. The Balaban J connectivity index is 1.42. The Morgan fingerprint density at radius 1 is 1.30 bits per heavy atom. The minimum atomic E-state index is -0.870. The van der Waals surface area contributed by atoms with Gasteiger partial charge in [0.1, 0.15) is 6.26 Å². The molecule has 1 unspecified atom stereocenters. The van der Waals surface area contributed by atoms with E-state index in [2.05, 4.69) is 9.88 Å². The van der Waals surface area contributed by atoms with Gasteiger partial charge in [-0.15, -0.1) is 0 Å². The number of rotatable bonds is 4. The highest BCUT2D eigenvalue weighted by Crippen LogP contribution is 2.43. The molecule has 7 nitrogen and oxygen atoms in total. The smallest absolute Gasteiger partial charge is 0.309 e. The molecule has 0 bridgehead atoms. The molecule has 1 aromatic heterocycles. The van der Waals surface area contributed by atoms with E-state index < -0.39 is 17.4 Å². The second-order valence-corrected chi connectivity index (χ2v) is 7.44. The third kappa shape index (κ3) is 3.12. The van der Waals surface area contributed by atoms with Gasteiger partial charge in [0.25, 0.3) is 0 Å². The monoisotopic (exact) mass is 369 g/mol. The molecule has 27 heavy (non-hydrogen) atoms. The van der Waals surface area contributed by atoms with E-state index in [1.165, 1.54) is 0 Å². The SMILES string of the molecule is CN1C(=O)CC(C(=O)O)C12CCN(Cc1coc(-c3ccccc3)n1)CC2. The number of oxazole rings is 1. The summed E-state index contributed by atoms with van der Waals surface area (Å²) in [5.41, 5.74) is 1.24. The third-order valence-corrected chi connectivity index (χ3v) is 6.05. The van der Waals surface area contributed by atoms with Crippen LogP contribution < -0.4 is 0 Å². The van der Waals surface area contributed by atoms with E-state index in [0.29, 0.717) is 25.3 Å². The topological polar surface area (TPSA) is 86.9 Å². The van der Waals surface area contributed by atoms with Crippen molar-refractivity contribution in [3.05, 3.63) is 42.3 Å². The predicted octanol–water partition coefficient (Wildman–Crippen LogP) is 2.24. The molecule has 2 saturated heterocycles. The molecule has 2 aromatic rings. The fraction of sp³-hybridized carbons (Fsp3) is 0.450. The zero-order valence-electron chi connectivity index (χ0n) is 15.3. The van der Waals surface area contributed by atoms with Crippen molar-refractivity contribution in [2.24, 2.45) is 5.92 Å². The lowest BCUT2D eigenvalue weighted by Gasteiger charge is -2.45. The molecular weight excluding hydrogens is 346 g/mol. The highest BCUT2D eigenvalue weighted by Gasteiger charge is 2.55. The van der Waals surface area contributed by atoms with Crippen molar-refractivity contribution in [1.29, 1.82) is 0 Å². The normalized spacial score (nSPS) is 22.5. The number of carboxylic acid groups (broad SMARTS) is 1. The Morgan fingerprint density at radius 2 is 2.00 bits per heavy atom. The van der Waals surface area contributed by atoms with Gasteiger partial charge in [-0.3, -0.25) is 14.5 Å². The van der Waals surface area contributed by atoms with Crippen molar-refractivity contribution in [2.75, 3.05) is 20.1 Å². The number of nitrogens with zero attached hydrogens (tertiary/aromatic N) is 3. The van der Waals surface area contributed by atoms with Gasteiger partial charge in [-0.25, -0.2) is 4.98 Å². The predicted molar refractivity (Wildman–Crippen MR) is 97.7 cm³/mol. The van der Waals surface area contributed by atoms with Crippen molar-refractivity contribution >= 4 is 11.9 Å². The lowest BCUT2D eigenvalue weighted by Crippen LogP contribution is -2.55. The summed E-state index contributed by atoms with van der Waals surface area (Å²) in [5.74, 6) is -0.954. The molecule has 1 amide bonds. The molecule has 1 spiro atoms. The molecule has 2 aliphatic rings. The molecule has 4 rings (SSSR count). The zero-order valence-corrected chi connectivity index (χ0v) is 15.3. The molecule has 3 heterocycles. The van der Waals surface area contributed by atoms with Crippen LogP contribution in [0.2, 0.25) is 0 Å². The van der Waals surface area contributed by atoms with E-state index in [1.54, 1.807) is 18.2 Å². The van der Waals surface area contributed by atoms with Crippen LogP contribution in [0.15, 0.2) is 41.0 Å². The van der Waals surface area contributed by atoms with Gasteiger partial charge in [0.2, 0.25) is 11.8 Å². The van der Waals surface area contributed by atoms with Crippen molar-refractivity contribution in [3.8, 4) is 11.5 Å². The first kappa shape index (κ1) is 17.7. The van der Waals surface area contributed by atoms with Crippen LogP contribution in [0.4, 0.5) is 0 Å². The van der Waals surface area contributed by atoms with Gasteiger partial charge in [-0.05, 0) is 25.0 Å². The Bertz CT molecular complexity index is 840. The third-order valence-electron chi connectivity index (χ3n) is 6.05. The Morgan fingerprint density at radius 3 is 2.67 bits per heavy atom. The van der Waals surface area contributed by atoms with E-state index in [9.17, 15) is 14.7 Å². The highest BCUT2D eigenvalue weighted by atomic mass is 16.4. The number of aromatic nitrogens is 1. The van der Waals surface area contributed by atoms with Crippen molar-refractivity contribution in [1.82, 2.24) is 14.8 Å². The summed E-state index contributed by atoms with van der Waals surface area (Å²) in [7, 11) is 1.74. The first-order valence-corrected chi connectivity index (χ1v) is 9.21. The van der Waals surface area contributed by atoms with Crippen LogP contribution in [-0.4, -0.2) is 57.4 Å². The van der Waals surface area contributed by atoms with Crippen LogP contribution in [0, 0.1) is 5.92 Å². The maximum absolute atomic E-state index is 12.1. The maximum atomic E-state index is 12.1. The van der Waals surface area contributed by atoms with E-state index in [4.69, 9.17) is 4.42 Å². The first-order chi connectivity index (χ1) is 13.0. The molecule has 0 aliphatic carbocycles. The average molecular weight is 369 g/mol. The first-order valence-electron chi connectivity index (χ1n) is 9.21. The molecule has 2 aliphatic heterocycles. The van der Waals surface area contributed by atoms with Gasteiger partial charge in [-0.1, -0.05) is 18.2 Å². The number of likely N-dealkylation sites (tertiary alicyclic amines) is 2. The van der Waals surface area contributed by atoms with Crippen LogP contribution >= 0.6 is 0 Å². The second-order valence-electron chi connectivity index (χ2n) is 7.44. The molecule has 1 aromatic carbocycles. The van der Waals surface area contributed by atoms with E-state index in [0.717, 1.165) is 24.3 Å². The van der Waals surface area contributed by atoms with Crippen molar-refractivity contribution < 1.29 is 19.1 Å². The number of hydrogen-bond donors (Lipinski definition) is 1. The van der Waals surface area contributed by atoms with Gasteiger partial charge in [-0.2, -0.15) is 0 Å².